The molecule has 0 aliphatic heterocycles. The second-order valence-corrected chi connectivity index (χ2v) is 8.48. The van der Waals surface area contributed by atoms with Crippen molar-refractivity contribution in [2.45, 2.75) is 64.5 Å². The Kier molecular flexibility index (Phi) is 6.55. The van der Waals surface area contributed by atoms with Gasteiger partial charge in [-0.2, -0.15) is 0 Å². The zero-order valence-electron chi connectivity index (χ0n) is 17.6. The van der Waals surface area contributed by atoms with Gasteiger partial charge in [0.1, 0.15) is 0 Å². The molecule has 2 aromatic rings. The highest BCUT2D eigenvalue weighted by Gasteiger charge is 2.19. The van der Waals surface area contributed by atoms with Crippen molar-refractivity contribution in [1.82, 2.24) is 14.5 Å². The maximum atomic E-state index is 12.1. The summed E-state index contributed by atoms with van der Waals surface area (Å²) in [7, 11) is 3.22. The second kappa shape index (κ2) is 8.91. The first-order chi connectivity index (χ1) is 13.4. The van der Waals surface area contributed by atoms with Crippen molar-refractivity contribution in [2.75, 3.05) is 0 Å². The first-order valence-electron chi connectivity index (χ1n) is 10.5. The van der Waals surface area contributed by atoms with Crippen LogP contribution in [0.4, 0.5) is 0 Å². The molecule has 1 aromatic carbocycles. The lowest BCUT2D eigenvalue weighted by molar-refractivity contribution is 0.403. The van der Waals surface area contributed by atoms with E-state index in [-0.39, 0.29) is 17.3 Å². The van der Waals surface area contributed by atoms with Crippen LogP contribution < -0.4 is 16.6 Å². The molecule has 5 nitrogen and oxygen atoms in total. The Bertz CT molecular complexity index is 903. The van der Waals surface area contributed by atoms with Crippen LogP contribution in [0.2, 0.25) is 0 Å². The van der Waals surface area contributed by atoms with E-state index in [0.717, 1.165) is 4.57 Å². The third-order valence-corrected chi connectivity index (χ3v) is 6.17. The van der Waals surface area contributed by atoms with Crippen molar-refractivity contribution in [3.63, 3.8) is 0 Å². The average Bonchev–Trinajstić information content (AvgIpc) is 2.71. The van der Waals surface area contributed by atoms with Crippen LogP contribution in [0.25, 0.3) is 0 Å². The number of rotatable bonds is 6. The lowest BCUT2D eigenvalue weighted by Crippen LogP contribution is -2.39. The van der Waals surface area contributed by atoms with E-state index in [1.807, 2.05) is 0 Å². The number of nitrogens with zero attached hydrogens (tertiary/aromatic N) is 2. The minimum Gasteiger partial charge on any atom is -0.304 e. The zero-order chi connectivity index (χ0) is 20.3. The zero-order valence-corrected chi connectivity index (χ0v) is 17.6. The number of nitrogens with one attached hydrogen (secondary N) is 1. The first-order valence-corrected chi connectivity index (χ1v) is 10.5. The quantitative estimate of drug-likeness (QED) is 0.829. The smallest absolute Gasteiger partial charge is 0.304 e. The maximum absolute atomic E-state index is 12.1. The Hall–Kier alpha value is -2.14. The van der Waals surface area contributed by atoms with Crippen LogP contribution in [0.5, 0.6) is 0 Å². The number of hydrogen-bond donors (Lipinski definition) is 1. The second-order valence-electron chi connectivity index (χ2n) is 8.48. The Balaban J connectivity index is 1.75. The lowest BCUT2D eigenvalue weighted by atomic mass is 9.83. The molecule has 1 N–H and O–H groups in total. The summed E-state index contributed by atoms with van der Waals surface area (Å²) in [6, 6.07) is 10.8. The van der Waals surface area contributed by atoms with Gasteiger partial charge < -0.3 is 5.32 Å². The van der Waals surface area contributed by atoms with Gasteiger partial charge in [-0.05, 0) is 35.8 Å². The van der Waals surface area contributed by atoms with E-state index in [0.29, 0.717) is 24.1 Å². The molecule has 152 valence electrons. The van der Waals surface area contributed by atoms with Crippen molar-refractivity contribution in [2.24, 2.45) is 20.0 Å². The van der Waals surface area contributed by atoms with E-state index < -0.39 is 0 Å². The third-order valence-electron chi connectivity index (χ3n) is 6.17. The molecule has 1 aliphatic rings. The summed E-state index contributed by atoms with van der Waals surface area (Å²) in [5.41, 5.74) is 2.86. The van der Waals surface area contributed by atoms with Crippen LogP contribution in [-0.4, -0.2) is 9.13 Å². The van der Waals surface area contributed by atoms with Crippen molar-refractivity contribution >= 4 is 0 Å². The number of aromatic nitrogens is 2. The lowest BCUT2D eigenvalue weighted by Gasteiger charge is -2.25. The van der Waals surface area contributed by atoms with Crippen molar-refractivity contribution in [1.29, 1.82) is 0 Å². The highest BCUT2D eigenvalue weighted by molar-refractivity contribution is 5.28. The van der Waals surface area contributed by atoms with E-state index in [1.165, 1.54) is 60.9 Å². The van der Waals surface area contributed by atoms with Crippen LogP contribution >= 0.6 is 0 Å². The van der Waals surface area contributed by atoms with Gasteiger partial charge in [0.05, 0.1) is 0 Å². The monoisotopic (exact) mass is 383 g/mol. The molecule has 1 saturated carbocycles. The van der Waals surface area contributed by atoms with E-state index in [2.05, 4.69) is 43.4 Å². The van der Waals surface area contributed by atoms with Gasteiger partial charge in [0.2, 0.25) is 0 Å². The molecule has 1 aliphatic carbocycles. The van der Waals surface area contributed by atoms with Gasteiger partial charge in [0.25, 0.3) is 5.56 Å². The summed E-state index contributed by atoms with van der Waals surface area (Å²) in [6.07, 6.45) is 6.68. The standard InChI is InChI=1S/C23H33N3O2/c1-16(2)22(24-15-20-14-21(27)26(4)23(28)25(20)3)19-12-10-18(11-13-19)17-8-6-5-7-9-17/h10-14,16-17,22,24H,5-9,15H2,1-4H3. The van der Waals surface area contributed by atoms with Gasteiger partial charge in [-0.25, -0.2) is 4.79 Å². The molecule has 0 spiro atoms. The Morgan fingerprint density at radius 3 is 2.25 bits per heavy atom. The largest absolute Gasteiger partial charge is 0.330 e. The first kappa shape index (κ1) is 20.6. The van der Waals surface area contributed by atoms with E-state index >= 15 is 0 Å². The van der Waals surface area contributed by atoms with Crippen LogP contribution in [0.3, 0.4) is 0 Å². The molecule has 3 rings (SSSR count). The summed E-state index contributed by atoms with van der Waals surface area (Å²) < 4.78 is 2.67. The molecular weight excluding hydrogens is 350 g/mol. The molecule has 1 atom stereocenters. The highest BCUT2D eigenvalue weighted by Crippen LogP contribution is 2.33. The number of hydrogen-bond acceptors (Lipinski definition) is 3. The Morgan fingerprint density at radius 1 is 1.00 bits per heavy atom. The fraction of sp³-hybridized carbons (Fsp3) is 0.565. The molecule has 0 amide bonds. The Morgan fingerprint density at radius 2 is 1.64 bits per heavy atom. The summed E-state index contributed by atoms with van der Waals surface area (Å²) in [5.74, 6) is 1.10. The molecule has 0 saturated heterocycles. The molecule has 1 fully saturated rings. The topological polar surface area (TPSA) is 56.0 Å². The Labute approximate surface area is 167 Å². The van der Waals surface area contributed by atoms with Crippen LogP contribution in [0.15, 0.2) is 39.9 Å². The third kappa shape index (κ3) is 4.46. The molecule has 0 bridgehead atoms. The summed E-state index contributed by atoms with van der Waals surface area (Å²) in [4.78, 5) is 24.1. The van der Waals surface area contributed by atoms with Crippen molar-refractivity contribution in [3.8, 4) is 0 Å². The molecule has 1 unspecified atom stereocenters. The average molecular weight is 384 g/mol. The predicted molar refractivity (Wildman–Crippen MR) is 114 cm³/mol. The highest BCUT2D eigenvalue weighted by atomic mass is 16.2. The van der Waals surface area contributed by atoms with Crippen LogP contribution in [-0.2, 0) is 20.6 Å². The minimum atomic E-state index is -0.290. The van der Waals surface area contributed by atoms with Crippen LogP contribution in [0.1, 0.15) is 74.7 Å². The normalized spacial score (nSPS) is 16.5. The summed E-state index contributed by atoms with van der Waals surface area (Å²) >= 11 is 0. The molecule has 28 heavy (non-hydrogen) atoms. The van der Waals surface area contributed by atoms with Gasteiger partial charge in [0.15, 0.2) is 0 Å². The SMILES string of the molecule is CC(C)C(NCc1cc(=O)n(C)c(=O)n1C)c1ccc(C2CCCCC2)cc1. The van der Waals surface area contributed by atoms with Crippen LogP contribution in [0, 0.1) is 5.92 Å². The molecular formula is C23H33N3O2. The van der Waals surface area contributed by atoms with Gasteiger partial charge in [0, 0.05) is 38.4 Å². The molecule has 1 aromatic heterocycles. The fourth-order valence-corrected chi connectivity index (χ4v) is 4.31. The number of benzene rings is 1. The van der Waals surface area contributed by atoms with Crippen molar-refractivity contribution < 1.29 is 0 Å². The van der Waals surface area contributed by atoms with E-state index in [9.17, 15) is 9.59 Å². The van der Waals surface area contributed by atoms with Gasteiger partial charge in [-0.3, -0.25) is 13.9 Å². The molecule has 1 heterocycles. The summed E-state index contributed by atoms with van der Waals surface area (Å²) in [5, 5.41) is 3.56. The molecule has 5 heteroatoms. The molecule has 0 radical (unpaired) electrons. The predicted octanol–water partition coefficient (Wildman–Crippen LogP) is 3.62. The fourth-order valence-electron chi connectivity index (χ4n) is 4.31. The van der Waals surface area contributed by atoms with Crippen molar-refractivity contribution in [3.05, 3.63) is 68.0 Å². The van der Waals surface area contributed by atoms with Gasteiger partial charge >= 0.3 is 5.69 Å². The van der Waals surface area contributed by atoms with E-state index in [4.69, 9.17) is 0 Å². The van der Waals surface area contributed by atoms with E-state index in [1.54, 1.807) is 7.05 Å². The maximum Gasteiger partial charge on any atom is 0.330 e. The van der Waals surface area contributed by atoms with Gasteiger partial charge in [-0.1, -0.05) is 57.4 Å². The minimum absolute atomic E-state index is 0.166. The van der Waals surface area contributed by atoms with Gasteiger partial charge in [-0.15, -0.1) is 0 Å². The summed E-state index contributed by atoms with van der Waals surface area (Å²) in [6.45, 7) is 4.86.